The Morgan fingerprint density at radius 2 is 2.06 bits per heavy atom. The Kier molecular flexibility index (Phi) is 6.42. The monoisotopic (exact) mass is 485 g/mol. The van der Waals surface area contributed by atoms with Gasteiger partial charge >= 0.3 is 0 Å². The van der Waals surface area contributed by atoms with Crippen LogP contribution in [0.4, 0.5) is 0 Å². The number of carbonyl (C=O) groups is 1. The summed E-state index contributed by atoms with van der Waals surface area (Å²) in [5.74, 6) is 0.368. The van der Waals surface area contributed by atoms with Gasteiger partial charge in [-0.25, -0.2) is 4.98 Å². The van der Waals surface area contributed by atoms with Gasteiger partial charge < -0.3 is 20.3 Å². The van der Waals surface area contributed by atoms with Gasteiger partial charge in [0.25, 0.3) is 5.56 Å². The number of hydrogen-bond acceptors (Lipinski definition) is 7. The van der Waals surface area contributed by atoms with Crippen molar-refractivity contribution in [3.8, 4) is 22.9 Å². The molecule has 2 aliphatic heterocycles. The smallest absolute Gasteiger partial charge is 0.294 e. The zero-order valence-electron chi connectivity index (χ0n) is 19.2. The maximum atomic E-state index is 13.3. The van der Waals surface area contributed by atoms with Gasteiger partial charge in [-0.1, -0.05) is 13.8 Å². The molecule has 4 heterocycles. The first-order valence-electron chi connectivity index (χ1n) is 11.4. The minimum Gasteiger partial charge on any atom is -0.494 e. The van der Waals surface area contributed by atoms with Gasteiger partial charge in [0, 0.05) is 16.5 Å². The van der Waals surface area contributed by atoms with Crippen molar-refractivity contribution in [2.45, 2.75) is 45.3 Å². The van der Waals surface area contributed by atoms with E-state index in [2.05, 4.69) is 6.92 Å². The van der Waals surface area contributed by atoms with Gasteiger partial charge in [0.1, 0.15) is 5.75 Å². The van der Waals surface area contributed by atoms with Crippen molar-refractivity contribution in [2.24, 2.45) is 5.73 Å². The van der Waals surface area contributed by atoms with Gasteiger partial charge in [-0.05, 0) is 55.6 Å². The molecule has 3 aromatic rings. The summed E-state index contributed by atoms with van der Waals surface area (Å²) in [5.41, 5.74) is 7.88. The highest BCUT2D eigenvalue weighted by Gasteiger charge is 2.44. The second-order valence-corrected chi connectivity index (χ2v) is 8.53. The maximum absolute atomic E-state index is 13.3. The lowest BCUT2D eigenvalue weighted by molar-refractivity contribution is -0.143. The standard InChI is InChI=1S/C25H27N3O5.ClH/c1-3-15-16-10-14(32-9-5-8-26)6-7-19(16)27-22-17(15)12-28-20(22)11-18-23(24(28)30)33-13-21(29)25(18,31)4-2;/h6-7,10-11,31H,3-5,8-9,12-13,26H2,1-2H3;1H/t25-;/m0./s1. The van der Waals surface area contributed by atoms with Gasteiger partial charge in [0.05, 0.1) is 30.1 Å². The second-order valence-electron chi connectivity index (χ2n) is 8.53. The summed E-state index contributed by atoms with van der Waals surface area (Å²) >= 11 is 0. The number of Topliss-reactive ketones (excluding diaryl/α,β-unsaturated/α-hetero) is 1. The summed E-state index contributed by atoms with van der Waals surface area (Å²) in [6.07, 6.45) is 1.69. The molecule has 0 unspecified atom stereocenters. The molecule has 0 saturated heterocycles. The fourth-order valence-electron chi connectivity index (χ4n) is 4.88. The molecule has 0 aliphatic carbocycles. The van der Waals surface area contributed by atoms with Crippen molar-refractivity contribution < 1.29 is 19.4 Å². The number of ketones is 1. The summed E-state index contributed by atoms with van der Waals surface area (Å²) in [4.78, 5) is 30.7. The Balaban J connectivity index is 0.00000274. The first-order chi connectivity index (χ1) is 15.9. The van der Waals surface area contributed by atoms with Gasteiger partial charge in [-0.3, -0.25) is 14.2 Å². The molecule has 2 aromatic heterocycles. The predicted octanol–water partition coefficient (Wildman–Crippen LogP) is 2.70. The topological polar surface area (TPSA) is 117 Å². The van der Waals surface area contributed by atoms with Crippen molar-refractivity contribution in [2.75, 3.05) is 19.8 Å². The SMILES string of the molecule is CCc1c2c(nc3ccc(OCCCN)cc13)-c1cc3c(c(=O)n1C2)OCC(=O)[C@]3(O)CC.Cl. The zero-order valence-corrected chi connectivity index (χ0v) is 20.0. The van der Waals surface area contributed by atoms with Crippen LogP contribution in [0.2, 0.25) is 0 Å². The van der Waals surface area contributed by atoms with E-state index in [1.807, 2.05) is 18.2 Å². The van der Waals surface area contributed by atoms with E-state index in [9.17, 15) is 14.7 Å². The molecular formula is C25H28ClN3O5. The number of nitrogens with two attached hydrogens (primary N) is 1. The van der Waals surface area contributed by atoms with Crippen LogP contribution >= 0.6 is 12.4 Å². The summed E-state index contributed by atoms with van der Waals surface area (Å²) < 4.78 is 12.9. The molecule has 34 heavy (non-hydrogen) atoms. The Bertz CT molecular complexity index is 1350. The molecule has 9 heteroatoms. The third-order valence-electron chi connectivity index (χ3n) is 6.73. The molecule has 5 rings (SSSR count). The molecule has 0 fully saturated rings. The number of benzene rings is 1. The fraction of sp³-hybridized carbons (Fsp3) is 0.400. The average Bonchev–Trinajstić information content (AvgIpc) is 3.19. The molecule has 0 spiro atoms. The number of pyridine rings is 2. The van der Waals surface area contributed by atoms with E-state index in [-0.39, 0.29) is 42.3 Å². The van der Waals surface area contributed by atoms with E-state index >= 15 is 0 Å². The number of aliphatic hydroxyl groups is 1. The highest BCUT2D eigenvalue weighted by molar-refractivity contribution is 5.93. The van der Waals surface area contributed by atoms with Gasteiger partial charge in [0.2, 0.25) is 5.78 Å². The normalized spacial score (nSPS) is 18.1. The number of nitrogens with zero attached hydrogens (tertiary/aromatic N) is 2. The van der Waals surface area contributed by atoms with Crippen molar-refractivity contribution in [1.82, 2.24) is 9.55 Å². The number of hydrogen-bond donors (Lipinski definition) is 2. The molecule has 3 N–H and O–H groups in total. The molecule has 8 nitrogen and oxygen atoms in total. The Morgan fingerprint density at radius 1 is 1.26 bits per heavy atom. The van der Waals surface area contributed by atoms with E-state index in [1.165, 1.54) is 0 Å². The highest BCUT2D eigenvalue weighted by Crippen LogP contribution is 2.42. The molecular weight excluding hydrogens is 458 g/mol. The number of rotatable bonds is 6. The van der Waals surface area contributed by atoms with Crippen LogP contribution in [0, 0.1) is 0 Å². The predicted molar refractivity (Wildman–Crippen MR) is 131 cm³/mol. The van der Waals surface area contributed by atoms with Crippen molar-refractivity contribution in [3.63, 3.8) is 0 Å². The molecule has 0 amide bonds. The molecule has 0 saturated carbocycles. The van der Waals surface area contributed by atoms with Crippen LogP contribution < -0.4 is 20.8 Å². The van der Waals surface area contributed by atoms with E-state index in [1.54, 1.807) is 17.6 Å². The van der Waals surface area contributed by atoms with Crippen molar-refractivity contribution in [3.05, 3.63) is 51.3 Å². The highest BCUT2D eigenvalue weighted by atomic mass is 35.5. The van der Waals surface area contributed by atoms with Gasteiger partial charge in [-0.15, -0.1) is 12.4 Å². The lowest BCUT2D eigenvalue weighted by Gasteiger charge is -2.32. The lowest BCUT2D eigenvalue weighted by atomic mass is 9.85. The summed E-state index contributed by atoms with van der Waals surface area (Å²) in [6.45, 7) is 4.97. The molecule has 0 radical (unpaired) electrons. The van der Waals surface area contributed by atoms with Crippen LogP contribution in [0.3, 0.4) is 0 Å². The molecule has 2 aliphatic rings. The molecule has 1 atom stereocenters. The molecule has 1 aromatic carbocycles. The largest absolute Gasteiger partial charge is 0.494 e. The van der Waals surface area contributed by atoms with Crippen LogP contribution in [-0.4, -0.2) is 40.2 Å². The second kappa shape index (κ2) is 9.02. The Morgan fingerprint density at radius 3 is 2.76 bits per heavy atom. The van der Waals surface area contributed by atoms with Gasteiger partial charge in [-0.2, -0.15) is 0 Å². The van der Waals surface area contributed by atoms with E-state index in [0.29, 0.717) is 31.1 Å². The van der Waals surface area contributed by atoms with Crippen LogP contribution in [0.5, 0.6) is 11.5 Å². The van der Waals surface area contributed by atoms with Crippen molar-refractivity contribution in [1.29, 1.82) is 0 Å². The first kappa shape index (κ1) is 24.2. The van der Waals surface area contributed by atoms with E-state index in [0.717, 1.165) is 40.6 Å². The summed E-state index contributed by atoms with van der Waals surface area (Å²) in [5, 5.41) is 12.1. The summed E-state index contributed by atoms with van der Waals surface area (Å²) in [6, 6.07) is 7.49. The van der Waals surface area contributed by atoms with Crippen molar-refractivity contribution >= 4 is 29.1 Å². The minimum absolute atomic E-state index is 0. The third-order valence-corrected chi connectivity index (χ3v) is 6.73. The summed E-state index contributed by atoms with van der Waals surface area (Å²) in [7, 11) is 0. The number of aromatic nitrogens is 2. The quantitative estimate of drug-likeness (QED) is 0.403. The molecule has 0 bridgehead atoms. The third kappa shape index (κ3) is 3.48. The maximum Gasteiger partial charge on any atom is 0.294 e. The molecule has 180 valence electrons. The number of fused-ring (bicyclic) bond motifs is 5. The fourth-order valence-corrected chi connectivity index (χ4v) is 4.88. The van der Waals surface area contributed by atoms with Crippen LogP contribution in [0.1, 0.15) is 43.4 Å². The number of halogens is 1. The number of ether oxygens (including phenoxy) is 2. The Hall–Kier alpha value is -2.94. The first-order valence-corrected chi connectivity index (χ1v) is 11.4. The lowest BCUT2D eigenvalue weighted by Crippen LogP contribution is -2.45. The van der Waals surface area contributed by atoms with E-state index < -0.39 is 11.4 Å². The van der Waals surface area contributed by atoms with Crippen LogP contribution in [-0.2, 0) is 23.4 Å². The minimum atomic E-state index is -1.73. The number of carbonyl (C=O) groups excluding carboxylic acids is 1. The zero-order chi connectivity index (χ0) is 23.3. The average molecular weight is 486 g/mol. The van der Waals surface area contributed by atoms with Crippen LogP contribution in [0.25, 0.3) is 22.3 Å². The van der Waals surface area contributed by atoms with Gasteiger partial charge in [0.15, 0.2) is 18.0 Å². The van der Waals surface area contributed by atoms with Crippen LogP contribution in [0.15, 0.2) is 29.1 Å². The van der Waals surface area contributed by atoms with E-state index in [4.69, 9.17) is 20.2 Å². The number of aryl methyl sites for hydroxylation is 1. The Labute approximate surface area is 203 Å².